The summed E-state index contributed by atoms with van der Waals surface area (Å²) < 4.78 is 0. The predicted molar refractivity (Wildman–Crippen MR) is 82.4 cm³/mol. The average molecular weight is 265 g/mol. The van der Waals surface area contributed by atoms with Crippen LogP contribution < -0.4 is 0 Å². The molecule has 0 aliphatic heterocycles. The smallest absolute Gasteiger partial charge is 0.129 e. The molecule has 0 nitrogen and oxygen atoms in total. The monoisotopic (exact) mass is 264 g/mol. The molecule has 0 unspecified atom stereocenters. The van der Waals surface area contributed by atoms with Crippen LogP contribution in [-0.2, 0) is 6.42 Å². The van der Waals surface area contributed by atoms with Gasteiger partial charge in [-0.05, 0) is 25.0 Å². The summed E-state index contributed by atoms with van der Waals surface area (Å²) in [6.45, 7) is 9.13. The number of hydrogen-bond acceptors (Lipinski definition) is 1. The van der Waals surface area contributed by atoms with Gasteiger partial charge >= 0.3 is 0 Å². The van der Waals surface area contributed by atoms with Crippen LogP contribution in [0.3, 0.4) is 0 Å². The summed E-state index contributed by atoms with van der Waals surface area (Å²) in [5.74, 6) is 3.34. The van der Waals surface area contributed by atoms with Crippen molar-refractivity contribution in [2.45, 2.75) is 58.7 Å². The van der Waals surface area contributed by atoms with Crippen LogP contribution in [0.15, 0.2) is 12.1 Å². The fraction of sp³-hybridized carbons (Fsp3) is 0.600. The van der Waals surface area contributed by atoms with Crippen molar-refractivity contribution in [3.8, 4) is 11.5 Å². The van der Waals surface area contributed by atoms with Gasteiger partial charge in [0, 0.05) is 4.88 Å². The molecule has 0 fully saturated rings. The third-order valence-electron chi connectivity index (χ3n) is 2.50. The van der Waals surface area contributed by atoms with Crippen molar-refractivity contribution >= 4 is 19.4 Å². The van der Waals surface area contributed by atoms with Crippen LogP contribution in [0.1, 0.15) is 42.4 Å². The van der Waals surface area contributed by atoms with E-state index < -0.39 is 8.07 Å². The van der Waals surface area contributed by atoms with E-state index in [1.165, 1.54) is 41.9 Å². The third-order valence-corrected chi connectivity index (χ3v) is 4.43. The van der Waals surface area contributed by atoms with E-state index in [-0.39, 0.29) is 0 Å². The molecule has 0 atom stereocenters. The summed E-state index contributed by atoms with van der Waals surface area (Å²) in [6.07, 6.45) is 6.61. The predicted octanol–water partition coefficient (Wildman–Crippen LogP) is 5.10. The van der Waals surface area contributed by atoms with Gasteiger partial charge in [-0.25, -0.2) is 0 Å². The zero-order valence-corrected chi connectivity index (χ0v) is 13.4. The minimum absolute atomic E-state index is 1.22. The van der Waals surface area contributed by atoms with E-state index in [0.717, 1.165) is 0 Å². The number of unbranched alkanes of at least 4 members (excludes halogenated alkanes) is 3. The highest BCUT2D eigenvalue weighted by Crippen LogP contribution is 2.18. The first kappa shape index (κ1) is 14.5. The Hall–Kier alpha value is -0.523. The molecule has 17 heavy (non-hydrogen) atoms. The lowest BCUT2D eigenvalue weighted by Gasteiger charge is -2.02. The van der Waals surface area contributed by atoms with Gasteiger partial charge in [0.05, 0.1) is 4.88 Å². The van der Waals surface area contributed by atoms with Crippen molar-refractivity contribution in [2.24, 2.45) is 0 Å². The van der Waals surface area contributed by atoms with E-state index in [0.29, 0.717) is 0 Å². The maximum atomic E-state index is 3.43. The Bertz CT molecular complexity index is 387. The second-order valence-corrected chi connectivity index (χ2v) is 11.5. The zero-order chi connectivity index (χ0) is 12.7. The van der Waals surface area contributed by atoms with Gasteiger partial charge in [-0.1, -0.05) is 51.7 Å². The average Bonchev–Trinajstić information content (AvgIpc) is 2.69. The second kappa shape index (κ2) is 7.03. The van der Waals surface area contributed by atoms with E-state index in [1.807, 2.05) is 11.3 Å². The third kappa shape index (κ3) is 6.70. The van der Waals surface area contributed by atoms with Crippen molar-refractivity contribution in [3.63, 3.8) is 0 Å². The molecule has 0 N–H and O–H groups in total. The molecule has 0 saturated carbocycles. The SMILES string of the molecule is CCCCCCc1ccc(C#C[Si](C)(C)C)s1. The second-order valence-electron chi connectivity index (χ2n) is 5.58. The number of aryl methyl sites for hydroxylation is 1. The van der Waals surface area contributed by atoms with Crippen LogP contribution in [0, 0.1) is 11.5 Å². The van der Waals surface area contributed by atoms with Crippen molar-refractivity contribution in [1.82, 2.24) is 0 Å². The fourth-order valence-electron chi connectivity index (χ4n) is 1.55. The lowest BCUT2D eigenvalue weighted by Crippen LogP contribution is -2.16. The molecule has 0 aromatic carbocycles. The van der Waals surface area contributed by atoms with Crippen molar-refractivity contribution < 1.29 is 0 Å². The summed E-state index contributed by atoms with van der Waals surface area (Å²) in [7, 11) is -1.22. The van der Waals surface area contributed by atoms with Gasteiger partial charge in [0.2, 0.25) is 0 Å². The van der Waals surface area contributed by atoms with Crippen molar-refractivity contribution in [1.29, 1.82) is 0 Å². The Balaban J connectivity index is 2.45. The molecule has 0 spiro atoms. The number of hydrogen-bond donors (Lipinski definition) is 0. The molecular weight excluding hydrogens is 240 g/mol. The van der Waals surface area contributed by atoms with Gasteiger partial charge in [0.25, 0.3) is 0 Å². The maximum Gasteiger partial charge on any atom is 0.129 e. The van der Waals surface area contributed by atoms with E-state index in [4.69, 9.17) is 0 Å². The molecule has 0 saturated heterocycles. The largest absolute Gasteiger partial charge is 0.132 e. The highest BCUT2D eigenvalue weighted by molar-refractivity contribution is 7.12. The molecule has 1 heterocycles. The standard InChI is InChI=1S/C15H24SSi/c1-5-6-7-8-9-14-10-11-15(16-14)12-13-17(2,3)4/h10-11H,5-9H2,1-4H3. The Morgan fingerprint density at radius 2 is 1.88 bits per heavy atom. The Morgan fingerprint density at radius 1 is 1.12 bits per heavy atom. The van der Waals surface area contributed by atoms with Crippen molar-refractivity contribution in [2.75, 3.05) is 0 Å². The van der Waals surface area contributed by atoms with Gasteiger partial charge in [-0.3, -0.25) is 0 Å². The molecule has 1 aromatic heterocycles. The lowest BCUT2D eigenvalue weighted by molar-refractivity contribution is 0.670. The molecule has 0 radical (unpaired) electrons. The van der Waals surface area contributed by atoms with Crippen LogP contribution in [0.5, 0.6) is 0 Å². The van der Waals surface area contributed by atoms with Gasteiger partial charge in [-0.2, -0.15) is 0 Å². The Morgan fingerprint density at radius 3 is 2.53 bits per heavy atom. The van der Waals surface area contributed by atoms with Crippen LogP contribution in [0.4, 0.5) is 0 Å². The Kier molecular flexibility index (Phi) is 6.01. The van der Waals surface area contributed by atoms with E-state index in [2.05, 4.69) is 50.2 Å². The quantitative estimate of drug-likeness (QED) is 0.394. The number of rotatable bonds is 5. The molecular formula is C15H24SSi. The molecule has 1 rings (SSSR count). The summed E-state index contributed by atoms with van der Waals surface area (Å²) in [5, 5.41) is 0. The van der Waals surface area contributed by atoms with Gasteiger partial charge in [-0.15, -0.1) is 16.9 Å². The van der Waals surface area contributed by atoms with Gasteiger partial charge < -0.3 is 0 Å². The van der Waals surface area contributed by atoms with Crippen LogP contribution in [-0.4, -0.2) is 8.07 Å². The molecule has 0 aliphatic rings. The van der Waals surface area contributed by atoms with E-state index in [9.17, 15) is 0 Å². The van der Waals surface area contributed by atoms with Gasteiger partial charge in [0.1, 0.15) is 8.07 Å². The highest BCUT2D eigenvalue weighted by Gasteiger charge is 2.07. The van der Waals surface area contributed by atoms with E-state index in [1.54, 1.807) is 0 Å². The molecule has 94 valence electrons. The van der Waals surface area contributed by atoms with Crippen LogP contribution in [0.25, 0.3) is 0 Å². The molecule has 2 heteroatoms. The summed E-state index contributed by atoms with van der Waals surface area (Å²) in [6, 6.07) is 4.44. The van der Waals surface area contributed by atoms with Crippen LogP contribution in [0.2, 0.25) is 19.6 Å². The molecule has 0 aliphatic carbocycles. The summed E-state index contributed by atoms with van der Waals surface area (Å²) in [4.78, 5) is 2.75. The minimum Gasteiger partial charge on any atom is -0.132 e. The summed E-state index contributed by atoms with van der Waals surface area (Å²) in [5.41, 5.74) is 3.43. The molecule has 1 aromatic rings. The van der Waals surface area contributed by atoms with Gasteiger partial charge in [0.15, 0.2) is 0 Å². The van der Waals surface area contributed by atoms with Crippen molar-refractivity contribution in [3.05, 3.63) is 21.9 Å². The number of thiophene rings is 1. The topological polar surface area (TPSA) is 0 Å². The first-order chi connectivity index (χ1) is 8.01. The fourth-order valence-corrected chi connectivity index (χ4v) is 3.06. The summed E-state index contributed by atoms with van der Waals surface area (Å²) >= 11 is 1.88. The Labute approximate surface area is 111 Å². The first-order valence-electron chi connectivity index (χ1n) is 6.63. The van der Waals surface area contributed by atoms with E-state index >= 15 is 0 Å². The minimum atomic E-state index is -1.22. The first-order valence-corrected chi connectivity index (χ1v) is 10.9. The maximum absolute atomic E-state index is 3.43. The normalized spacial score (nSPS) is 11.1. The highest BCUT2D eigenvalue weighted by atomic mass is 32.1. The zero-order valence-electron chi connectivity index (χ0n) is 11.6. The molecule has 0 bridgehead atoms. The lowest BCUT2D eigenvalue weighted by atomic mass is 10.1. The molecule has 0 amide bonds. The van der Waals surface area contributed by atoms with Crippen LogP contribution >= 0.6 is 11.3 Å².